The average molecular weight is 282 g/mol. The van der Waals surface area contributed by atoms with Crippen LogP contribution < -0.4 is 0 Å². The number of hydrogen-bond acceptors (Lipinski definition) is 4. The van der Waals surface area contributed by atoms with E-state index < -0.39 is 12.1 Å². The van der Waals surface area contributed by atoms with Crippen molar-refractivity contribution in [1.82, 2.24) is 0 Å². The molecule has 0 spiro atoms. The van der Waals surface area contributed by atoms with Gasteiger partial charge in [-0.15, -0.1) is 0 Å². The Bertz CT molecular complexity index is 405. The van der Waals surface area contributed by atoms with Gasteiger partial charge >= 0.3 is 0 Å². The van der Waals surface area contributed by atoms with Crippen LogP contribution in [0.1, 0.15) is 47.0 Å². The molecule has 1 aliphatic heterocycles. The van der Waals surface area contributed by atoms with Gasteiger partial charge in [0.15, 0.2) is 6.29 Å². The molecule has 4 nitrogen and oxygen atoms in total. The van der Waals surface area contributed by atoms with E-state index in [1.54, 1.807) is 7.11 Å². The van der Waals surface area contributed by atoms with Crippen LogP contribution in [0.5, 0.6) is 0 Å². The summed E-state index contributed by atoms with van der Waals surface area (Å²) in [7, 11) is 1.56. The van der Waals surface area contributed by atoms with Crippen LogP contribution in [0, 0.1) is 0 Å². The summed E-state index contributed by atoms with van der Waals surface area (Å²) in [5.41, 5.74) is 3.39. The van der Waals surface area contributed by atoms with Gasteiger partial charge < -0.3 is 9.47 Å². The van der Waals surface area contributed by atoms with Crippen LogP contribution >= 0.6 is 0 Å². The summed E-state index contributed by atoms with van der Waals surface area (Å²) in [6.07, 6.45) is 8.08. The zero-order chi connectivity index (χ0) is 15.2. The van der Waals surface area contributed by atoms with E-state index in [0.29, 0.717) is 6.42 Å². The fourth-order valence-electron chi connectivity index (χ4n) is 2.10. The molecule has 0 fully saturated rings. The molecule has 4 heteroatoms. The van der Waals surface area contributed by atoms with E-state index in [4.69, 9.17) is 9.47 Å². The van der Waals surface area contributed by atoms with Crippen molar-refractivity contribution in [2.75, 3.05) is 7.11 Å². The summed E-state index contributed by atoms with van der Waals surface area (Å²) in [6.45, 7) is 8.13. The van der Waals surface area contributed by atoms with Gasteiger partial charge in [0.25, 0.3) is 0 Å². The van der Waals surface area contributed by atoms with Crippen molar-refractivity contribution >= 4 is 0 Å². The minimum absolute atomic E-state index is 0.465. The van der Waals surface area contributed by atoms with E-state index in [1.807, 2.05) is 19.1 Å². The van der Waals surface area contributed by atoms with Gasteiger partial charge in [0.1, 0.15) is 0 Å². The Morgan fingerprint density at radius 2 is 2.10 bits per heavy atom. The summed E-state index contributed by atoms with van der Waals surface area (Å²) in [6, 6.07) is 0. The SMILES string of the molecule is CO[C@@H]1C=C(C)[C@@](C/C=C(\C)CCC=C(C)C)(OO)O1. The first-order valence-corrected chi connectivity index (χ1v) is 6.94. The summed E-state index contributed by atoms with van der Waals surface area (Å²) < 4.78 is 10.7. The molecule has 1 rings (SSSR count). The van der Waals surface area contributed by atoms with Gasteiger partial charge in [-0.3, -0.25) is 0 Å². The minimum atomic E-state index is -1.11. The predicted octanol–water partition coefficient (Wildman–Crippen LogP) is 4.20. The van der Waals surface area contributed by atoms with Crippen LogP contribution in [-0.4, -0.2) is 24.4 Å². The second-order valence-corrected chi connectivity index (χ2v) is 5.49. The van der Waals surface area contributed by atoms with Crippen molar-refractivity contribution in [2.45, 2.75) is 59.0 Å². The van der Waals surface area contributed by atoms with Crippen molar-refractivity contribution in [3.05, 3.63) is 34.9 Å². The Balaban J connectivity index is 2.61. The third-order valence-electron chi connectivity index (χ3n) is 3.48. The molecule has 0 bridgehead atoms. The van der Waals surface area contributed by atoms with Gasteiger partial charge in [0, 0.05) is 13.5 Å². The molecule has 114 valence electrons. The molecule has 0 saturated carbocycles. The first-order valence-electron chi connectivity index (χ1n) is 6.94. The number of rotatable bonds is 7. The highest BCUT2D eigenvalue weighted by atomic mass is 17.1. The maximum Gasteiger partial charge on any atom is 0.229 e. The molecule has 0 aromatic heterocycles. The molecule has 0 aliphatic carbocycles. The minimum Gasteiger partial charge on any atom is -0.352 e. The average Bonchev–Trinajstić information content (AvgIpc) is 2.73. The molecule has 0 amide bonds. The van der Waals surface area contributed by atoms with E-state index in [9.17, 15) is 5.26 Å². The van der Waals surface area contributed by atoms with Crippen LogP contribution in [0.4, 0.5) is 0 Å². The zero-order valence-electron chi connectivity index (χ0n) is 13.1. The summed E-state index contributed by atoms with van der Waals surface area (Å²) >= 11 is 0. The summed E-state index contributed by atoms with van der Waals surface area (Å²) in [4.78, 5) is 4.61. The molecule has 0 saturated heterocycles. The second kappa shape index (κ2) is 7.74. The quantitative estimate of drug-likeness (QED) is 0.432. The molecule has 0 radical (unpaired) electrons. The number of allylic oxidation sites excluding steroid dienone is 3. The van der Waals surface area contributed by atoms with E-state index in [1.165, 1.54) is 11.1 Å². The fourth-order valence-corrected chi connectivity index (χ4v) is 2.10. The van der Waals surface area contributed by atoms with Crippen LogP contribution in [0.15, 0.2) is 34.9 Å². The van der Waals surface area contributed by atoms with Crippen LogP contribution in [0.25, 0.3) is 0 Å². The third-order valence-corrected chi connectivity index (χ3v) is 3.48. The monoisotopic (exact) mass is 282 g/mol. The molecular weight excluding hydrogens is 256 g/mol. The van der Waals surface area contributed by atoms with Crippen molar-refractivity contribution in [2.24, 2.45) is 0 Å². The Labute approximate surface area is 121 Å². The maximum absolute atomic E-state index is 9.20. The van der Waals surface area contributed by atoms with E-state index in [2.05, 4.69) is 31.7 Å². The Morgan fingerprint density at radius 3 is 2.60 bits per heavy atom. The maximum atomic E-state index is 9.20. The molecule has 0 aromatic rings. The van der Waals surface area contributed by atoms with Gasteiger partial charge in [-0.25, -0.2) is 5.26 Å². The lowest BCUT2D eigenvalue weighted by molar-refractivity contribution is -0.399. The van der Waals surface area contributed by atoms with E-state index in [0.717, 1.165) is 18.4 Å². The van der Waals surface area contributed by atoms with Crippen molar-refractivity contribution < 1.29 is 19.6 Å². The molecular formula is C16H26O4. The first-order chi connectivity index (χ1) is 9.43. The van der Waals surface area contributed by atoms with Gasteiger partial charge in [0.2, 0.25) is 5.79 Å². The Morgan fingerprint density at radius 1 is 1.40 bits per heavy atom. The second-order valence-electron chi connectivity index (χ2n) is 5.49. The van der Waals surface area contributed by atoms with Crippen LogP contribution in [0.2, 0.25) is 0 Å². The topological polar surface area (TPSA) is 47.9 Å². The van der Waals surface area contributed by atoms with Gasteiger partial charge in [-0.1, -0.05) is 23.3 Å². The number of hydrogen-bond donors (Lipinski definition) is 1. The fraction of sp³-hybridized carbons (Fsp3) is 0.625. The normalized spacial score (nSPS) is 26.6. The van der Waals surface area contributed by atoms with E-state index in [-0.39, 0.29) is 0 Å². The molecule has 2 atom stereocenters. The Hall–Kier alpha value is -0.940. The highest BCUT2D eigenvalue weighted by Crippen LogP contribution is 2.35. The van der Waals surface area contributed by atoms with Crippen LogP contribution in [0.3, 0.4) is 0 Å². The van der Waals surface area contributed by atoms with Crippen molar-refractivity contribution in [3.8, 4) is 0 Å². The van der Waals surface area contributed by atoms with Gasteiger partial charge in [0.05, 0.1) is 0 Å². The van der Waals surface area contributed by atoms with E-state index >= 15 is 0 Å². The number of ether oxygens (including phenoxy) is 2. The molecule has 1 heterocycles. The van der Waals surface area contributed by atoms with Crippen molar-refractivity contribution in [3.63, 3.8) is 0 Å². The lowest BCUT2D eigenvalue weighted by atomic mass is 10.0. The smallest absolute Gasteiger partial charge is 0.229 e. The molecule has 0 aromatic carbocycles. The zero-order valence-corrected chi connectivity index (χ0v) is 13.1. The third kappa shape index (κ3) is 4.56. The molecule has 20 heavy (non-hydrogen) atoms. The summed E-state index contributed by atoms with van der Waals surface area (Å²) in [5, 5.41) is 9.20. The highest BCUT2D eigenvalue weighted by molar-refractivity contribution is 5.19. The van der Waals surface area contributed by atoms with Gasteiger partial charge in [-0.2, -0.15) is 4.89 Å². The molecule has 0 unspecified atom stereocenters. The lowest BCUT2D eigenvalue weighted by Gasteiger charge is -2.26. The highest BCUT2D eigenvalue weighted by Gasteiger charge is 2.41. The predicted molar refractivity (Wildman–Crippen MR) is 79.1 cm³/mol. The van der Waals surface area contributed by atoms with Crippen molar-refractivity contribution in [1.29, 1.82) is 0 Å². The first kappa shape index (κ1) is 17.1. The lowest BCUT2D eigenvalue weighted by Crippen LogP contribution is -2.34. The van der Waals surface area contributed by atoms with Crippen LogP contribution in [-0.2, 0) is 14.4 Å². The standard InChI is InChI=1S/C16H26O4/c1-12(2)7-6-8-13(3)9-10-16(20-17)14(4)11-15(18-5)19-16/h7,9,11,15,17H,6,8,10H2,1-5H3/b13-9+/t15-,16+/m0/s1. The molecule has 1 N–H and O–H groups in total. The van der Waals surface area contributed by atoms with Gasteiger partial charge in [-0.05, 0) is 52.2 Å². The number of methoxy groups -OCH3 is 1. The Kier molecular flexibility index (Phi) is 6.62. The molecule has 1 aliphatic rings. The largest absolute Gasteiger partial charge is 0.352 e. The summed E-state index contributed by atoms with van der Waals surface area (Å²) in [5.74, 6) is -1.11.